The van der Waals surface area contributed by atoms with Crippen LogP contribution in [0, 0.1) is 0 Å². The van der Waals surface area contributed by atoms with Crippen LogP contribution in [-0.4, -0.2) is 25.5 Å². The normalized spacial score (nSPS) is 11.1. The van der Waals surface area contributed by atoms with Gasteiger partial charge in [-0.3, -0.25) is 5.43 Å². The first kappa shape index (κ1) is 15.5. The molecule has 1 rings (SSSR count). The van der Waals surface area contributed by atoms with Crippen LogP contribution in [0.2, 0.25) is 10.0 Å². The van der Waals surface area contributed by atoms with E-state index in [2.05, 4.69) is 0 Å². The zero-order chi connectivity index (χ0) is 14.8. The average Bonchev–Trinajstić information content (AvgIpc) is 2.25. The third-order valence-corrected chi connectivity index (χ3v) is 3.88. The smallest absolute Gasteiger partial charge is 0.337 e. The number of hydrazine groups is 1. The Balaban J connectivity index is 3.30. The van der Waals surface area contributed by atoms with Gasteiger partial charge in [0.15, 0.2) is 0 Å². The summed E-state index contributed by atoms with van der Waals surface area (Å²) in [5, 5.41) is 8.30. The van der Waals surface area contributed by atoms with Crippen LogP contribution in [0.15, 0.2) is 17.0 Å². The fourth-order valence-corrected chi connectivity index (χ4v) is 2.77. The number of nitrogens with two attached hydrogens (primary N) is 1. The lowest BCUT2D eigenvalue weighted by molar-refractivity contribution is 0.0697. The van der Waals surface area contributed by atoms with Gasteiger partial charge in [0.05, 0.1) is 15.6 Å². The van der Waals surface area contributed by atoms with E-state index in [1.807, 2.05) is 0 Å². The number of hydrogen-bond donors (Lipinski definition) is 4. The molecule has 0 atom stereocenters. The molecule has 8 nitrogen and oxygen atoms in total. The van der Waals surface area contributed by atoms with Gasteiger partial charge in [0.25, 0.3) is 10.0 Å². The maximum atomic E-state index is 11.7. The third-order valence-electron chi connectivity index (χ3n) is 1.85. The van der Waals surface area contributed by atoms with Gasteiger partial charge in [0, 0.05) is 0 Å². The van der Waals surface area contributed by atoms with E-state index in [0.29, 0.717) is 0 Å². The molecule has 0 unspecified atom stereocenters. The van der Waals surface area contributed by atoms with Crippen LogP contribution in [0.3, 0.4) is 0 Å². The second-order valence-electron chi connectivity index (χ2n) is 3.16. The van der Waals surface area contributed by atoms with Crippen LogP contribution >= 0.6 is 23.2 Å². The van der Waals surface area contributed by atoms with Crippen molar-refractivity contribution < 1.29 is 23.1 Å². The number of nitrogens with one attached hydrogen (secondary N) is 2. The number of urea groups is 1. The molecular formula is C8H7Cl2N3O5S. The summed E-state index contributed by atoms with van der Waals surface area (Å²) in [7, 11) is -4.27. The Bertz CT molecular complexity index is 646. The van der Waals surface area contributed by atoms with Gasteiger partial charge in [-0.2, -0.15) is 0 Å². The maximum absolute atomic E-state index is 11.7. The first-order chi connectivity index (χ1) is 8.65. The molecule has 0 spiro atoms. The van der Waals surface area contributed by atoms with Crippen molar-refractivity contribution in [3.05, 3.63) is 27.7 Å². The molecule has 1 aromatic carbocycles. The average molecular weight is 328 g/mol. The van der Waals surface area contributed by atoms with Gasteiger partial charge in [-0.05, 0) is 12.1 Å². The lowest BCUT2D eigenvalue weighted by atomic mass is 10.2. The molecule has 104 valence electrons. The fourth-order valence-electron chi connectivity index (χ4n) is 1.07. The quantitative estimate of drug-likeness (QED) is 0.598. The molecule has 1 aromatic rings. The van der Waals surface area contributed by atoms with Crippen LogP contribution in [0.1, 0.15) is 10.4 Å². The van der Waals surface area contributed by atoms with E-state index in [1.165, 1.54) is 0 Å². The molecule has 19 heavy (non-hydrogen) atoms. The Labute approximate surface area is 117 Å². The first-order valence-corrected chi connectivity index (χ1v) is 6.68. The van der Waals surface area contributed by atoms with E-state index in [4.69, 9.17) is 34.0 Å². The molecule has 0 aliphatic carbocycles. The number of carboxylic acids is 1. The Morgan fingerprint density at radius 1 is 1.21 bits per heavy atom. The number of carbonyl (C=O) groups excluding carboxylic acids is 1. The van der Waals surface area contributed by atoms with Gasteiger partial charge >= 0.3 is 12.0 Å². The molecule has 0 fully saturated rings. The summed E-state index contributed by atoms with van der Waals surface area (Å²) in [5.41, 5.74) is 5.88. The summed E-state index contributed by atoms with van der Waals surface area (Å²) >= 11 is 11.3. The van der Waals surface area contributed by atoms with Crippen molar-refractivity contribution in [1.82, 2.24) is 10.3 Å². The van der Waals surface area contributed by atoms with Crippen molar-refractivity contribution in [2.24, 2.45) is 5.73 Å². The number of carboxylic acid groups (broad SMARTS) is 1. The Kier molecular flexibility index (Phi) is 4.58. The number of rotatable bonds is 4. The molecule has 0 aromatic heterocycles. The van der Waals surface area contributed by atoms with E-state index >= 15 is 0 Å². The van der Waals surface area contributed by atoms with Gasteiger partial charge in [-0.15, -0.1) is 4.83 Å². The highest BCUT2D eigenvalue weighted by molar-refractivity contribution is 7.89. The van der Waals surface area contributed by atoms with Crippen LogP contribution in [-0.2, 0) is 10.0 Å². The first-order valence-electron chi connectivity index (χ1n) is 4.44. The van der Waals surface area contributed by atoms with Crippen molar-refractivity contribution in [3.63, 3.8) is 0 Å². The van der Waals surface area contributed by atoms with Gasteiger partial charge in [-0.25, -0.2) is 18.0 Å². The molecule has 0 heterocycles. The minimum Gasteiger partial charge on any atom is -0.478 e. The number of benzene rings is 1. The summed E-state index contributed by atoms with van der Waals surface area (Å²) in [5.74, 6) is -1.43. The number of aromatic carboxylic acids is 1. The molecule has 2 amide bonds. The number of hydrogen-bond acceptors (Lipinski definition) is 4. The lowest BCUT2D eigenvalue weighted by Gasteiger charge is -2.09. The van der Waals surface area contributed by atoms with Crippen molar-refractivity contribution in [2.75, 3.05) is 0 Å². The molecule has 5 N–H and O–H groups in total. The van der Waals surface area contributed by atoms with Gasteiger partial charge in [0.2, 0.25) is 0 Å². The number of primary amides is 1. The highest BCUT2D eigenvalue weighted by Crippen LogP contribution is 2.28. The maximum Gasteiger partial charge on any atom is 0.337 e. The molecule has 11 heteroatoms. The van der Waals surface area contributed by atoms with Crippen LogP contribution in [0.4, 0.5) is 4.79 Å². The number of sulfonamides is 1. The van der Waals surface area contributed by atoms with Crippen molar-refractivity contribution in [2.45, 2.75) is 4.90 Å². The van der Waals surface area contributed by atoms with Gasteiger partial charge in [0.1, 0.15) is 4.90 Å². The predicted molar refractivity (Wildman–Crippen MR) is 66.5 cm³/mol. The second kappa shape index (κ2) is 5.61. The van der Waals surface area contributed by atoms with Crippen molar-refractivity contribution in [1.29, 1.82) is 0 Å². The summed E-state index contributed by atoms with van der Waals surface area (Å²) < 4.78 is 23.5. The topological polar surface area (TPSA) is 139 Å². The summed E-state index contributed by atoms with van der Waals surface area (Å²) in [6.45, 7) is 0. The van der Waals surface area contributed by atoms with Crippen LogP contribution < -0.4 is 16.0 Å². The highest BCUT2D eigenvalue weighted by atomic mass is 35.5. The van der Waals surface area contributed by atoms with E-state index in [0.717, 1.165) is 12.1 Å². The molecular weight excluding hydrogens is 321 g/mol. The second-order valence-corrected chi connectivity index (χ2v) is 5.63. The molecule has 0 aliphatic heterocycles. The highest BCUT2D eigenvalue weighted by Gasteiger charge is 2.22. The van der Waals surface area contributed by atoms with Crippen molar-refractivity contribution >= 4 is 45.2 Å². The number of amides is 2. The summed E-state index contributed by atoms with van der Waals surface area (Å²) in [6, 6.07) is 0.579. The van der Waals surface area contributed by atoms with Crippen LogP contribution in [0.25, 0.3) is 0 Å². The number of halogens is 2. The Morgan fingerprint density at radius 2 is 1.79 bits per heavy atom. The monoisotopic (exact) mass is 327 g/mol. The predicted octanol–water partition coefficient (Wildman–Crippen LogP) is 0.553. The van der Waals surface area contributed by atoms with E-state index < -0.39 is 32.5 Å². The molecule has 0 saturated carbocycles. The zero-order valence-corrected chi connectivity index (χ0v) is 11.3. The zero-order valence-electron chi connectivity index (χ0n) is 8.98. The Morgan fingerprint density at radius 3 is 2.26 bits per heavy atom. The molecule has 0 bridgehead atoms. The SMILES string of the molecule is NC(=O)NNS(=O)(=O)c1cc(C(=O)O)c(Cl)cc1Cl. The minimum atomic E-state index is -4.27. The molecule has 0 aliphatic rings. The van der Waals surface area contributed by atoms with E-state index in [-0.39, 0.29) is 10.0 Å². The fraction of sp³-hybridized carbons (Fsp3) is 0. The molecule has 0 radical (unpaired) electrons. The van der Waals surface area contributed by atoms with Gasteiger partial charge < -0.3 is 10.8 Å². The van der Waals surface area contributed by atoms with E-state index in [1.54, 1.807) is 10.3 Å². The summed E-state index contributed by atoms with van der Waals surface area (Å²) in [6.07, 6.45) is 0. The third kappa shape index (κ3) is 3.70. The lowest BCUT2D eigenvalue weighted by Crippen LogP contribution is -2.44. The Hall–Kier alpha value is -1.55. The van der Waals surface area contributed by atoms with Crippen molar-refractivity contribution in [3.8, 4) is 0 Å². The molecule has 0 saturated heterocycles. The largest absolute Gasteiger partial charge is 0.478 e. The minimum absolute atomic E-state index is 0.223. The summed E-state index contributed by atoms with van der Waals surface area (Å²) in [4.78, 5) is 22.3. The van der Waals surface area contributed by atoms with Crippen LogP contribution in [0.5, 0.6) is 0 Å². The number of carbonyl (C=O) groups is 2. The van der Waals surface area contributed by atoms with Gasteiger partial charge in [-0.1, -0.05) is 23.2 Å². The van der Waals surface area contributed by atoms with E-state index in [9.17, 15) is 18.0 Å². The standard InChI is InChI=1S/C8H7Cl2N3O5S/c9-4-2-5(10)6(1-3(4)7(14)15)19(17,18)13-12-8(11)16/h1-2,13H,(H,14,15)(H3,11,12,16).